The second-order valence-corrected chi connectivity index (χ2v) is 8.35. The van der Waals surface area contributed by atoms with Crippen LogP contribution in [0.5, 0.6) is 0 Å². The first-order valence-electron chi connectivity index (χ1n) is 11.6. The van der Waals surface area contributed by atoms with Gasteiger partial charge >= 0.3 is 17.6 Å². The van der Waals surface area contributed by atoms with Crippen molar-refractivity contribution in [3.05, 3.63) is 32.6 Å². The highest BCUT2D eigenvalue weighted by Gasteiger charge is 2.71. The third kappa shape index (κ3) is 5.63. The summed E-state index contributed by atoms with van der Waals surface area (Å²) in [5.41, 5.74) is -6.87. The molecule has 0 bridgehead atoms. The third-order valence-corrected chi connectivity index (χ3v) is 5.91. The molecule has 5 atom stereocenters. The van der Waals surface area contributed by atoms with Gasteiger partial charge in [0.2, 0.25) is 5.72 Å². The summed E-state index contributed by atoms with van der Waals surface area (Å²) in [7, 11) is 0. The SMILES string of the molecule is CCCCCCCCC(F)N(O)[C@@]1(O)[C@H](O)[C@@H](CO)O[C@]1(O)n1cc(C(=O)OCC)c(=O)[nH]c1=O. The Balaban J connectivity index is 2.44. The van der Waals surface area contributed by atoms with Crippen molar-refractivity contribution in [3.8, 4) is 0 Å². The summed E-state index contributed by atoms with van der Waals surface area (Å²) < 4.78 is 24.9. The van der Waals surface area contributed by atoms with Gasteiger partial charge in [-0.25, -0.2) is 18.5 Å². The molecule has 2 rings (SSSR count). The molecule has 1 aromatic heterocycles. The zero-order valence-corrected chi connectivity index (χ0v) is 19.7. The molecule has 1 aromatic rings. The van der Waals surface area contributed by atoms with Crippen LogP contribution in [0.25, 0.3) is 0 Å². The van der Waals surface area contributed by atoms with Crippen molar-refractivity contribution in [2.45, 2.75) is 88.9 Å². The Labute approximate surface area is 200 Å². The van der Waals surface area contributed by atoms with Gasteiger partial charge in [0.15, 0.2) is 6.30 Å². The van der Waals surface area contributed by atoms with E-state index in [1.54, 1.807) is 4.98 Å². The molecule has 35 heavy (non-hydrogen) atoms. The summed E-state index contributed by atoms with van der Waals surface area (Å²) in [5.74, 6) is -4.65. The molecular formula is C21H34FN3O10. The molecule has 200 valence electrons. The van der Waals surface area contributed by atoms with Crippen molar-refractivity contribution >= 4 is 5.97 Å². The number of aliphatic hydroxyl groups excluding tert-OH is 2. The number of unbranched alkanes of at least 4 members (excludes halogenated alkanes) is 5. The molecule has 14 heteroatoms. The fourth-order valence-corrected chi connectivity index (χ4v) is 3.95. The number of nitrogens with zero attached hydrogens (tertiary/aromatic N) is 2. The lowest BCUT2D eigenvalue weighted by atomic mass is 9.99. The molecule has 0 aliphatic carbocycles. The molecule has 1 unspecified atom stereocenters. The Morgan fingerprint density at radius 3 is 2.49 bits per heavy atom. The number of aromatic nitrogens is 2. The van der Waals surface area contributed by atoms with Crippen molar-refractivity contribution in [1.29, 1.82) is 0 Å². The van der Waals surface area contributed by atoms with E-state index in [-0.39, 0.29) is 22.7 Å². The molecule has 0 saturated carbocycles. The van der Waals surface area contributed by atoms with Gasteiger partial charge in [-0.05, 0) is 19.8 Å². The lowest BCUT2D eigenvalue weighted by Crippen LogP contribution is -2.70. The van der Waals surface area contributed by atoms with Crippen molar-refractivity contribution < 1.29 is 44.3 Å². The maximum atomic E-state index is 15.0. The molecule has 0 amide bonds. The van der Waals surface area contributed by atoms with Gasteiger partial charge in [-0.1, -0.05) is 39.0 Å². The van der Waals surface area contributed by atoms with Gasteiger partial charge in [-0.15, -0.1) is 5.06 Å². The average molecular weight is 508 g/mol. The third-order valence-electron chi connectivity index (χ3n) is 5.91. The minimum absolute atomic E-state index is 0.0974. The quantitative estimate of drug-likeness (QED) is 0.0662. The summed E-state index contributed by atoms with van der Waals surface area (Å²) in [6, 6.07) is 0. The fraction of sp³-hybridized carbons (Fsp3) is 0.762. The lowest BCUT2D eigenvalue weighted by Gasteiger charge is -2.43. The van der Waals surface area contributed by atoms with Crippen molar-refractivity contribution in [2.75, 3.05) is 13.2 Å². The van der Waals surface area contributed by atoms with E-state index in [9.17, 15) is 44.4 Å². The van der Waals surface area contributed by atoms with Gasteiger partial charge in [0, 0.05) is 6.20 Å². The van der Waals surface area contributed by atoms with Crippen molar-refractivity contribution in [2.24, 2.45) is 0 Å². The van der Waals surface area contributed by atoms with Gasteiger partial charge in [0.1, 0.15) is 17.8 Å². The van der Waals surface area contributed by atoms with E-state index in [0.717, 1.165) is 25.7 Å². The fourth-order valence-electron chi connectivity index (χ4n) is 3.95. The molecule has 1 aliphatic heterocycles. The highest BCUT2D eigenvalue weighted by Crippen LogP contribution is 2.44. The molecule has 13 nitrogen and oxygen atoms in total. The van der Waals surface area contributed by atoms with Gasteiger partial charge < -0.3 is 35.1 Å². The molecule has 0 spiro atoms. The number of ether oxygens (including phenoxy) is 2. The summed E-state index contributed by atoms with van der Waals surface area (Å²) in [6.07, 6.45) is -1.58. The number of hydrogen-bond acceptors (Lipinski definition) is 11. The summed E-state index contributed by atoms with van der Waals surface area (Å²) in [4.78, 5) is 38.4. The van der Waals surface area contributed by atoms with Crippen LogP contribution in [-0.4, -0.2) is 83.7 Å². The number of halogens is 1. The van der Waals surface area contributed by atoms with Crippen LogP contribution < -0.4 is 11.2 Å². The second-order valence-electron chi connectivity index (χ2n) is 8.35. The minimum atomic E-state index is -3.46. The normalized spacial score (nSPS) is 27.3. The highest BCUT2D eigenvalue weighted by atomic mass is 19.1. The predicted molar refractivity (Wildman–Crippen MR) is 117 cm³/mol. The van der Waals surface area contributed by atoms with E-state index in [1.807, 2.05) is 6.92 Å². The van der Waals surface area contributed by atoms with Crippen LogP contribution in [0.15, 0.2) is 15.8 Å². The largest absolute Gasteiger partial charge is 0.462 e. The van der Waals surface area contributed by atoms with Crippen LogP contribution in [0.4, 0.5) is 4.39 Å². The Kier molecular flexibility index (Phi) is 10.1. The maximum Gasteiger partial charge on any atom is 0.345 e. The predicted octanol–water partition coefficient (Wildman–Crippen LogP) is -0.506. The number of aliphatic hydroxyl groups is 4. The smallest absolute Gasteiger partial charge is 0.345 e. The van der Waals surface area contributed by atoms with E-state index in [2.05, 4.69) is 0 Å². The van der Waals surface area contributed by atoms with E-state index < -0.39 is 59.5 Å². The summed E-state index contributed by atoms with van der Waals surface area (Å²) in [5, 5.41) is 52.7. The number of aromatic amines is 1. The lowest BCUT2D eigenvalue weighted by molar-refractivity contribution is -0.428. The van der Waals surface area contributed by atoms with Crippen LogP contribution in [0.3, 0.4) is 0 Å². The maximum absolute atomic E-state index is 15.0. The molecule has 6 N–H and O–H groups in total. The van der Waals surface area contributed by atoms with Gasteiger partial charge in [0.05, 0.1) is 13.2 Å². The van der Waals surface area contributed by atoms with Crippen LogP contribution in [0.1, 0.15) is 69.2 Å². The molecule has 1 aliphatic rings. The van der Waals surface area contributed by atoms with E-state index in [0.29, 0.717) is 19.0 Å². The minimum Gasteiger partial charge on any atom is -0.462 e. The Bertz CT molecular complexity index is 971. The number of esters is 1. The standard InChI is InChI=1S/C21H34FN3O10/c1-3-5-6-7-8-9-10-15(22)25(33)20(31)16(27)14(12-26)35-21(20,32)24-11-13(18(29)34-4-2)17(28)23-19(24)30/h11,14-16,26-27,31-33H,3-10,12H2,1-2H3,(H,23,28,30)/t14-,15?,16-,20-,21+/m1/s1. The first kappa shape index (κ1) is 29.0. The van der Waals surface area contributed by atoms with E-state index in [4.69, 9.17) is 9.47 Å². The van der Waals surface area contributed by atoms with Crippen molar-refractivity contribution in [3.63, 3.8) is 0 Å². The molecule has 0 radical (unpaired) electrons. The molecule has 0 aromatic carbocycles. The van der Waals surface area contributed by atoms with E-state index >= 15 is 0 Å². The van der Waals surface area contributed by atoms with E-state index in [1.165, 1.54) is 6.92 Å². The molecule has 1 fully saturated rings. The van der Waals surface area contributed by atoms with Crippen LogP contribution in [-0.2, 0) is 15.4 Å². The zero-order chi connectivity index (χ0) is 26.4. The highest BCUT2D eigenvalue weighted by molar-refractivity contribution is 5.88. The monoisotopic (exact) mass is 507 g/mol. The van der Waals surface area contributed by atoms with Gasteiger partial charge in [-0.3, -0.25) is 9.78 Å². The first-order valence-corrected chi connectivity index (χ1v) is 11.6. The molecular weight excluding hydrogens is 473 g/mol. The molecule has 1 saturated heterocycles. The van der Waals surface area contributed by atoms with Crippen LogP contribution in [0, 0.1) is 0 Å². The summed E-state index contributed by atoms with van der Waals surface area (Å²) >= 11 is 0. The number of rotatable bonds is 13. The van der Waals surface area contributed by atoms with Crippen LogP contribution in [0.2, 0.25) is 0 Å². The Morgan fingerprint density at radius 2 is 1.89 bits per heavy atom. The first-order chi connectivity index (χ1) is 16.5. The van der Waals surface area contributed by atoms with Crippen LogP contribution >= 0.6 is 0 Å². The molecule has 2 heterocycles. The van der Waals surface area contributed by atoms with Gasteiger partial charge in [0.25, 0.3) is 5.56 Å². The number of carbonyl (C=O) groups excluding carboxylic acids is 1. The number of alkyl halides is 1. The van der Waals surface area contributed by atoms with Crippen molar-refractivity contribution in [1.82, 2.24) is 14.6 Å². The number of hydroxylamine groups is 2. The Hall–Kier alpha value is -2.20. The topological polar surface area (TPSA) is 195 Å². The van der Waals surface area contributed by atoms with Gasteiger partial charge in [-0.2, -0.15) is 0 Å². The average Bonchev–Trinajstić information content (AvgIpc) is 3.02. The number of hydrogen-bond donors (Lipinski definition) is 6. The zero-order valence-electron chi connectivity index (χ0n) is 19.7. The second kappa shape index (κ2) is 12.2. The number of carbonyl (C=O) groups is 1. The number of H-pyrrole nitrogens is 1. The Morgan fingerprint density at radius 1 is 1.26 bits per heavy atom. The summed E-state index contributed by atoms with van der Waals surface area (Å²) in [6.45, 7) is 2.34. The number of nitrogens with one attached hydrogen (secondary N) is 1.